The molecule has 7 nitrogen and oxygen atoms in total. The lowest BCUT2D eigenvalue weighted by Crippen LogP contribution is -2.39. The summed E-state index contributed by atoms with van der Waals surface area (Å²) in [6.45, 7) is 8.29. The fourth-order valence-electron chi connectivity index (χ4n) is 1.62. The van der Waals surface area contributed by atoms with Gasteiger partial charge < -0.3 is 10.6 Å². The summed E-state index contributed by atoms with van der Waals surface area (Å²) in [5.74, 6) is -0.201. The summed E-state index contributed by atoms with van der Waals surface area (Å²) in [6, 6.07) is 0. The first-order valence-electron chi connectivity index (χ1n) is 6.76. The zero-order valence-electron chi connectivity index (χ0n) is 12.6. The second-order valence-corrected chi connectivity index (χ2v) is 5.80. The maximum Gasteiger partial charge on any atom is 0.293 e. The van der Waals surface area contributed by atoms with Gasteiger partial charge >= 0.3 is 0 Å². The van der Waals surface area contributed by atoms with Crippen molar-refractivity contribution in [3.63, 3.8) is 0 Å². The molecule has 1 heterocycles. The Morgan fingerprint density at radius 3 is 2.45 bits per heavy atom. The fraction of sp³-hybridized carbons (Fsp3) is 0.692. The SMILES string of the molecule is CCCCN(CC(N)=O)C(=O)c1n[nH]c(C(C)(C)C)n1. The van der Waals surface area contributed by atoms with Gasteiger partial charge in [-0.25, -0.2) is 4.98 Å². The van der Waals surface area contributed by atoms with Gasteiger partial charge in [-0.1, -0.05) is 34.1 Å². The summed E-state index contributed by atoms with van der Waals surface area (Å²) in [4.78, 5) is 29.0. The van der Waals surface area contributed by atoms with Crippen LogP contribution in [0.15, 0.2) is 0 Å². The molecule has 0 aliphatic rings. The molecule has 1 rings (SSSR count). The van der Waals surface area contributed by atoms with E-state index >= 15 is 0 Å². The monoisotopic (exact) mass is 281 g/mol. The van der Waals surface area contributed by atoms with E-state index in [-0.39, 0.29) is 23.7 Å². The van der Waals surface area contributed by atoms with E-state index in [0.29, 0.717) is 12.4 Å². The second-order valence-electron chi connectivity index (χ2n) is 5.80. The lowest BCUT2D eigenvalue weighted by Gasteiger charge is -2.19. The highest BCUT2D eigenvalue weighted by molar-refractivity contribution is 5.93. The van der Waals surface area contributed by atoms with E-state index in [1.165, 1.54) is 4.90 Å². The van der Waals surface area contributed by atoms with Crippen LogP contribution in [0, 0.1) is 0 Å². The Labute approximate surface area is 118 Å². The van der Waals surface area contributed by atoms with Crippen LogP contribution in [0.2, 0.25) is 0 Å². The van der Waals surface area contributed by atoms with Gasteiger partial charge in [-0.15, -0.1) is 5.10 Å². The fourth-order valence-corrected chi connectivity index (χ4v) is 1.62. The third-order valence-corrected chi connectivity index (χ3v) is 2.80. The third kappa shape index (κ3) is 4.32. The van der Waals surface area contributed by atoms with Gasteiger partial charge in [-0.3, -0.25) is 14.7 Å². The molecule has 0 fully saturated rings. The minimum absolute atomic E-state index is 0.0762. The molecule has 1 aromatic heterocycles. The van der Waals surface area contributed by atoms with Crippen molar-refractivity contribution in [1.29, 1.82) is 0 Å². The molecule has 20 heavy (non-hydrogen) atoms. The Morgan fingerprint density at radius 2 is 2.00 bits per heavy atom. The van der Waals surface area contributed by atoms with Crippen molar-refractivity contribution >= 4 is 11.8 Å². The maximum absolute atomic E-state index is 12.3. The highest BCUT2D eigenvalue weighted by Crippen LogP contribution is 2.17. The van der Waals surface area contributed by atoms with E-state index < -0.39 is 5.91 Å². The van der Waals surface area contributed by atoms with Crippen LogP contribution < -0.4 is 5.73 Å². The molecule has 0 aromatic carbocycles. The highest BCUT2D eigenvalue weighted by Gasteiger charge is 2.25. The minimum Gasteiger partial charge on any atom is -0.368 e. The molecule has 0 atom stereocenters. The van der Waals surface area contributed by atoms with Crippen molar-refractivity contribution in [1.82, 2.24) is 20.1 Å². The average Bonchev–Trinajstić information content (AvgIpc) is 2.82. The molecule has 0 saturated heterocycles. The molecule has 3 N–H and O–H groups in total. The topological polar surface area (TPSA) is 105 Å². The number of aromatic amines is 1. The number of hydrogen-bond donors (Lipinski definition) is 2. The van der Waals surface area contributed by atoms with Crippen LogP contribution in [-0.4, -0.2) is 45.0 Å². The zero-order chi connectivity index (χ0) is 15.3. The Kier molecular flexibility index (Phi) is 5.24. The number of aromatic nitrogens is 3. The molecule has 0 spiro atoms. The Bertz CT molecular complexity index is 475. The molecule has 0 unspecified atom stereocenters. The van der Waals surface area contributed by atoms with Crippen LogP contribution in [-0.2, 0) is 10.2 Å². The molecule has 112 valence electrons. The molecule has 7 heteroatoms. The number of primary amides is 1. The number of nitrogens with two attached hydrogens (primary N) is 1. The van der Waals surface area contributed by atoms with E-state index in [9.17, 15) is 9.59 Å². The van der Waals surface area contributed by atoms with Gasteiger partial charge in [-0.2, -0.15) is 0 Å². The molecule has 0 radical (unpaired) electrons. The summed E-state index contributed by atoms with van der Waals surface area (Å²) >= 11 is 0. The van der Waals surface area contributed by atoms with Crippen molar-refractivity contribution in [2.24, 2.45) is 5.73 Å². The first-order chi connectivity index (χ1) is 9.25. The lowest BCUT2D eigenvalue weighted by atomic mass is 9.96. The van der Waals surface area contributed by atoms with Crippen molar-refractivity contribution in [3.8, 4) is 0 Å². The first-order valence-corrected chi connectivity index (χ1v) is 6.76. The average molecular weight is 281 g/mol. The number of nitrogens with one attached hydrogen (secondary N) is 1. The van der Waals surface area contributed by atoms with Crippen molar-refractivity contribution in [2.45, 2.75) is 46.0 Å². The van der Waals surface area contributed by atoms with Crippen molar-refractivity contribution in [3.05, 3.63) is 11.6 Å². The predicted molar refractivity (Wildman–Crippen MR) is 75.1 cm³/mol. The normalized spacial score (nSPS) is 11.4. The zero-order valence-corrected chi connectivity index (χ0v) is 12.6. The first kappa shape index (κ1) is 16.1. The maximum atomic E-state index is 12.3. The van der Waals surface area contributed by atoms with E-state index in [1.807, 2.05) is 27.7 Å². The van der Waals surface area contributed by atoms with Crippen molar-refractivity contribution in [2.75, 3.05) is 13.1 Å². The number of hydrogen-bond acceptors (Lipinski definition) is 4. The van der Waals surface area contributed by atoms with Gasteiger partial charge in [0.1, 0.15) is 5.82 Å². The number of nitrogens with zero attached hydrogens (tertiary/aromatic N) is 3. The molecule has 0 saturated carbocycles. The Morgan fingerprint density at radius 1 is 1.35 bits per heavy atom. The van der Waals surface area contributed by atoms with Crippen LogP contribution in [0.5, 0.6) is 0 Å². The third-order valence-electron chi connectivity index (χ3n) is 2.80. The highest BCUT2D eigenvalue weighted by atomic mass is 16.2. The largest absolute Gasteiger partial charge is 0.368 e. The number of amides is 2. The summed E-state index contributed by atoms with van der Waals surface area (Å²) < 4.78 is 0. The summed E-state index contributed by atoms with van der Waals surface area (Å²) in [6.07, 6.45) is 1.72. The van der Waals surface area contributed by atoms with Crippen LogP contribution in [0.1, 0.15) is 57.0 Å². The molecule has 0 aliphatic heterocycles. The molecule has 0 bridgehead atoms. The minimum atomic E-state index is -0.541. The van der Waals surface area contributed by atoms with Crippen LogP contribution in [0.25, 0.3) is 0 Å². The number of H-pyrrole nitrogens is 1. The number of rotatable bonds is 6. The van der Waals surface area contributed by atoms with Crippen LogP contribution in [0.4, 0.5) is 0 Å². The van der Waals surface area contributed by atoms with Gasteiger partial charge in [0.05, 0.1) is 6.54 Å². The summed E-state index contributed by atoms with van der Waals surface area (Å²) in [5, 5.41) is 6.71. The van der Waals surface area contributed by atoms with Gasteiger partial charge in [0.25, 0.3) is 5.91 Å². The van der Waals surface area contributed by atoms with E-state index in [4.69, 9.17) is 5.73 Å². The molecular formula is C13H23N5O2. The number of unbranched alkanes of at least 4 members (excludes halogenated alkanes) is 1. The summed E-state index contributed by atoms with van der Waals surface area (Å²) in [5.41, 5.74) is 4.96. The van der Waals surface area contributed by atoms with E-state index in [1.54, 1.807) is 0 Å². The number of carbonyl (C=O) groups is 2. The standard InChI is InChI=1S/C13H23N5O2/c1-5-6-7-18(8-9(14)19)11(20)10-15-12(17-16-10)13(2,3)4/h5-8H2,1-4H3,(H2,14,19)(H,15,16,17). The predicted octanol–water partition coefficient (Wildman–Crippen LogP) is 0.830. The van der Waals surface area contributed by atoms with E-state index in [0.717, 1.165) is 12.8 Å². The lowest BCUT2D eigenvalue weighted by molar-refractivity contribution is -0.118. The molecule has 0 aliphatic carbocycles. The van der Waals surface area contributed by atoms with E-state index in [2.05, 4.69) is 15.2 Å². The quantitative estimate of drug-likeness (QED) is 0.805. The second kappa shape index (κ2) is 6.49. The molecule has 1 aromatic rings. The summed E-state index contributed by atoms with van der Waals surface area (Å²) in [7, 11) is 0. The number of carbonyl (C=O) groups excluding carboxylic acids is 2. The van der Waals surface area contributed by atoms with Gasteiger partial charge in [0.2, 0.25) is 11.7 Å². The smallest absolute Gasteiger partial charge is 0.293 e. The van der Waals surface area contributed by atoms with Crippen molar-refractivity contribution < 1.29 is 9.59 Å². The van der Waals surface area contributed by atoms with Crippen LogP contribution in [0.3, 0.4) is 0 Å². The van der Waals surface area contributed by atoms with Gasteiger partial charge in [0.15, 0.2) is 0 Å². The molecule has 2 amide bonds. The Balaban J connectivity index is 2.88. The molecular weight excluding hydrogens is 258 g/mol. The van der Waals surface area contributed by atoms with Gasteiger partial charge in [0, 0.05) is 12.0 Å². The van der Waals surface area contributed by atoms with Crippen LogP contribution >= 0.6 is 0 Å². The van der Waals surface area contributed by atoms with Gasteiger partial charge in [-0.05, 0) is 6.42 Å². The Hall–Kier alpha value is -1.92.